The van der Waals surface area contributed by atoms with Crippen molar-refractivity contribution in [3.63, 3.8) is 0 Å². The molecule has 10 heteroatoms. The fourth-order valence-electron chi connectivity index (χ4n) is 2.68. The van der Waals surface area contributed by atoms with Gasteiger partial charge in [0.1, 0.15) is 0 Å². The van der Waals surface area contributed by atoms with E-state index < -0.39 is 9.84 Å². The predicted molar refractivity (Wildman–Crippen MR) is 103 cm³/mol. The monoisotopic (exact) mass is 417 g/mol. The molecule has 136 valence electrons. The Kier molecular flexibility index (Phi) is 6.48. The van der Waals surface area contributed by atoms with Crippen LogP contribution in [0.1, 0.15) is 37.0 Å². The van der Waals surface area contributed by atoms with Gasteiger partial charge in [-0.2, -0.15) is 0 Å². The van der Waals surface area contributed by atoms with Crippen molar-refractivity contribution in [3.05, 3.63) is 22.4 Å². The van der Waals surface area contributed by atoms with E-state index in [9.17, 15) is 13.2 Å². The lowest BCUT2D eigenvalue weighted by Crippen LogP contribution is -2.24. The minimum atomic E-state index is -3.17. The molecule has 2 heterocycles. The first kappa shape index (κ1) is 18.8. The van der Waals surface area contributed by atoms with Crippen LogP contribution >= 0.6 is 34.4 Å². The van der Waals surface area contributed by atoms with Gasteiger partial charge in [-0.15, -0.1) is 21.5 Å². The van der Waals surface area contributed by atoms with Crippen LogP contribution in [0.4, 0.5) is 5.13 Å². The first-order chi connectivity index (χ1) is 12.0. The second kappa shape index (κ2) is 8.61. The van der Waals surface area contributed by atoms with E-state index in [1.165, 1.54) is 16.2 Å². The highest BCUT2D eigenvalue weighted by Gasteiger charge is 2.28. The third kappa shape index (κ3) is 5.50. The average molecular weight is 418 g/mol. The second-order valence-electron chi connectivity index (χ2n) is 5.81. The van der Waals surface area contributed by atoms with Crippen molar-refractivity contribution in [1.29, 1.82) is 0 Å². The third-order valence-corrected chi connectivity index (χ3v) is 9.33. The van der Waals surface area contributed by atoms with Gasteiger partial charge >= 0.3 is 0 Å². The topological polar surface area (TPSA) is 89.0 Å². The van der Waals surface area contributed by atoms with E-state index >= 15 is 0 Å². The summed E-state index contributed by atoms with van der Waals surface area (Å²) in [5.41, 5.74) is 0. The lowest BCUT2D eigenvalue weighted by Gasteiger charge is -2.10. The Morgan fingerprint density at radius 3 is 2.84 bits per heavy atom. The van der Waals surface area contributed by atoms with E-state index in [4.69, 9.17) is 0 Å². The molecule has 2 aromatic heterocycles. The maximum absolute atomic E-state index is 12.2. The van der Waals surface area contributed by atoms with E-state index in [2.05, 4.69) is 21.6 Å². The fraction of sp³-hybridized carbons (Fsp3) is 0.533. The summed E-state index contributed by atoms with van der Waals surface area (Å²) in [5.74, 6) is 0.398. The highest BCUT2D eigenvalue weighted by molar-refractivity contribution is 8.00. The van der Waals surface area contributed by atoms with Gasteiger partial charge < -0.3 is 5.32 Å². The zero-order valence-electron chi connectivity index (χ0n) is 13.5. The zero-order chi connectivity index (χ0) is 17.7. The molecule has 0 aliphatic heterocycles. The Morgan fingerprint density at radius 2 is 2.12 bits per heavy atom. The summed E-state index contributed by atoms with van der Waals surface area (Å²) in [6.45, 7) is 0. The molecular formula is C15H19N3O3S4. The number of carbonyl (C=O) groups excluding carboxylic acids is 1. The second-order valence-corrected chi connectivity index (χ2v) is 11.4. The Bertz CT molecular complexity index is 796. The normalized spacial score (nSPS) is 15.5. The quantitative estimate of drug-likeness (QED) is 0.522. The number of nitrogens with one attached hydrogen (secondary N) is 1. The third-order valence-electron chi connectivity index (χ3n) is 3.99. The van der Waals surface area contributed by atoms with Crippen molar-refractivity contribution in [2.24, 2.45) is 0 Å². The molecule has 1 saturated carbocycles. The van der Waals surface area contributed by atoms with Gasteiger partial charge in [0.2, 0.25) is 11.0 Å². The van der Waals surface area contributed by atoms with Gasteiger partial charge in [-0.3, -0.25) is 4.79 Å². The minimum absolute atomic E-state index is 0.0317. The summed E-state index contributed by atoms with van der Waals surface area (Å²) in [6.07, 6.45) is 3.35. The smallest absolute Gasteiger partial charge is 0.227 e. The highest BCUT2D eigenvalue weighted by atomic mass is 32.2. The van der Waals surface area contributed by atoms with E-state index in [1.807, 2.05) is 11.4 Å². The first-order valence-corrected chi connectivity index (χ1v) is 12.4. The number of carbonyl (C=O) groups is 1. The lowest BCUT2D eigenvalue weighted by molar-refractivity contribution is -0.115. The number of hydrogen-bond acceptors (Lipinski definition) is 8. The fourth-order valence-corrected chi connectivity index (χ4v) is 7.07. The largest absolute Gasteiger partial charge is 0.300 e. The van der Waals surface area contributed by atoms with Crippen LogP contribution in [0.5, 0.6) is 0 Å². The number of thioether (sulfide) groups is 1. The van der Waals surface area contributed by atoms with Crippen LogP contribution in [0.3, 0.4) is 0 Å². The number of amides is 1. The molecule has 0 radical (unpaired) electrons. The molecule has 1 fully saturated rings. The number of anilines is 1. The van der Waals surface area contributed by atoms with Gasteiger partial charge in [0.15, 0.2) is 14.2 Å². The summed E-state index contributed by atoms with van der Waals surface area (Å²) < 4.78 is 25.1. The van der Waals surface area contributed by atoms with Gasteiger partial charge in [0.05, 0.1) is 11.0 Å². The summed E-state index contributed by atoms with van der Waals surface area (Å²) in [5, 5.41) is 12.8. The van der Waals surface area contributed by atoms with Crippen LogP contribution in [0.15, 0.2) is 21.9 Å². The number of aromatic nitrogens is 2. The van der Waals surface area contributed by atoms with Crippen molar-refractivity contribution in [1.82, 2.24) is 10.2 Å². The molecule has 1 N–H and O–H groups in total. The van der Waals surface area contributed by atoms with E-state index in [0.29, 0.717) is 5.13 Å². The molecule has 0 spiro atoms. The highest BCUT2D eigenvalue weighted by Crippen LogP contribution is 2.30. The molecule has 3 rings (SSSR count). The first-order valence-electron chi connectivity index (χ1n) is 8.03. The summed E-state index contributed by atoms with van der Waals surface area (Å²) >= 11 is 4.56. The van der Waals surface area contributed by atoms with Crippen LogP contribution in [-0.4, -0.2) is 35.5 Å². The summed E-state index contributed by atoms with van der Waals surface area (Å²) in [7, 11) is -3.17. The molecule has 0 aromatic carbocycles. The Morgan fingerprint density at radius 1 is 1.32 bits per heavy atom. The van der Waals surface area contributed by atoms with Crippen LogP contribution in [0.2, 0.25) is 0 Å². The Balaban J connectivity index is 1.45. The minimum Gasteiger partial charge on any atom is -0.300 e. The molecular weight excluding hydrogens is 398 g/mol. The standard InChI is InChI=1S/C15H19N3O3S4/c19-13(7-9-25(20,21)12-5-1-2-6-12)16-14-17-18-15(24-14)23-10-11-4-3-8-22-11/h3-4,8,12H,1-2,5-7,9-10H2,(H,16,17,19). The van der Waals surface area contributed by atoms with Crippen LogP contribution in [0, 0.1) is 0 Å². The Labute approximate surface area is 159 Å². The van der Waals surface area contributed by atoms with E-state index in [-0.39, 0.29) is 23.3 Å². The van der Waals surface area contributed by atoms with Gasteiger partial charge in [-0.1, -0.05) is 42.0 Å². The maximum atomic E-state index is 12.2. The lowest BCUT2D eigenvalue weighted by atomic mass is 10.4. The SMILES string of the molecule is O=C(CCS(=O)(=O)C1CCCC1)Nc1nnc(SCc2cccs2)s1. The maximum Gasteiger partial charge on any atom is 0.227 e. The number of sulfone groups is 1. The molecule has 1 aliphatic rings. The van der Waals surface area contributed by atoms with Crippen molar-refractivity contribution < 1.29 is 13.2 Å². The van der Waals surface area contributed by atoms with Gasteiger partial charge in [0.25, 0.3) is 0 Å². The average Bonchev–Trinajstić information content (AvgIpc) is 3.32. The van der Waals surface area contributed by atoms with E-state index in [1.54, 1.807) is 23.1 Å². The predicted octanol–water partition coefficient (Wildman–Crippen LogP) is 3.58. The van der Waals surface area contributed by atoms with Crippen molar-refractivity contribution >= 4 is 55.3 Å². The van der Waals surface area contributed by atoms with Crippen LogP contribution in [0.25, 0.3) is 0 Å². The molecule has 25 heavy (non-hydrogen) atoms. The molecule has 0 unspecified atom stereocenters. The van der Waals surface area contributed by atoms with Crippen molar-refractivity contribution in [3.8, 4) is 0 Å². The number of hydrogen-bond donors (Lipinski definition) is 1. The number of rotatable bonds is 8. The van der Waals surface area contributed by atoms with Crippen molar-refractivity contribution in [2.45, 2.75) is 47.4 Å². The van der Waals surface area contributed by atoms with Gasteiger partial charge in [-0.05, 0) is 24.3 Å². The molecule has 1 aliphatic carbocycles. The number of nitrogens with zero attached hydrogens (tertiary/aromatic N) is 2. The number of thiophene rings is 1. The van der Waals surface area contributed by atoms with E-state index in [0.717, 1.165) is 35.8 Å². The molecule has 0 atom stereocenters. The summed E-state index contributed by atoms with van der Waals surface area (Å²) in [4.78, 5) is 13.2. The molecule has 2 aromatic rings. The zero-order valence-corrected chi connectivity index (χ0v) is 16.8. The van der Waals surface area contributed by atoms with Gasteiger partial charge in [0, 0.05) is 17.1 Å². The van der Waals surface area contributed by atoms with Crippen LogP contribution in [-0.2, 0) is 20.4 Å². The molecule has 0 bridgehead atoms. The van der Waals surface area contributed by atoms with Crippen LogP contribution < -0.4 is 5.32 Å². The van der Waals surface area contributed by atoms with Gasteiger partial charge in [-0.25, -0.2) is 8.42 Å². The Hall–Kier alpha value is -0.970. The molecule has 1 amide bonds. The summed E-state index contributed by atoms with van der Waals surface area (Å²) in [6, 6.07) is 4.07. The molecule has 6 nitrogen and oxygen atoms in total. The van der Waals surface area contributed by atoms with Crippen molar-refractivity contribution in [2.75, 3.05) is 11.1 Å². The molecule has 0 saturated heterocycles.